The summed E-state index contributed by atoms with van der Waals surface area (Å²) in [6, 6.07) is 3.00. The Kier molecular flexibility index (Phi) is 3.39. The van der Waals surface area contributed by atoms with Crippen LogP contribution in [0.2, 0.25) is 0 Å². The van der Waals surface area contributed by atoms with Crippen LogP contribution in [0.1, 0.15) is 21.6 Å². The molecule has 0 spiro atoms. The molecule has 2 aromatic rings. The molecule has 0 saturated carbocycles. The topological polar surface area (TPSA) is 81.2 Å². The van der Waals surface area contributed by atoms with Gasteiger partial charge in [0.15, 0.2) is 0 Å². The average molecular weight is 285 g/mol. The maximum absolute atomic E-state index is 12.7. The van der Waals surface area contributed by atoms with Crippen molar-refractivity contribution in [1.29, 1.82) is 0 Å². The number of benzene rings is 1. The molecular weight excluding hydrogens is 275 g/mol. The summed E-state index contributed by atoms with van der Waals surface area (Å²) in [5.41, 5.74) is 3.93. The molecule has 0 radical (unpaired) electrons. The lowest BCUT2D eigenvalue weighted by Crippen LogP contribution is -2.17. The second kappa shape index (κ2) is 4.87. The molecule has 2 rings (SSSR count). The number of anilines is 2. The molecule has 3 N–H and O–H groups in total. The van der Waals surface area contributed by atoms with Crippen LogP contribution in [-0.4, -0.2) is 10.9 Å². The third-order valence-electron chi connectivity index (χ3n) is 2.50. The van der Waals surface area contributed by atoms with Crippen LogP contribution in [0.15, 0.2) is 28.9 Å². The van der Waals surface area contributed by atoms with E-state index in [2.05, 4.69) is 10.3 Å². The Morgan fingerprint density at radius 1 is 1.40 bits per heavy atom. The molecule has 1 aromatic heterocycles. The average Bonchev–Trinajstić information content (AvgIpc) is 2.73. The van der Waals surface area contributed by atoms with Crippen molar-refractivity contribution in [3.05, 3.63) is 41.3 Å². The van der Waals surface area contributed by atoms with Gasteiger partial charge in [-0.3, -0.25) is 10.1 Å². The van der Waals surface area contributed by atoms with Crippen molar-refractivity contribution < 1.29 is 22.4 Å². The maximum atomic E-state index is 12.7. The number of aromatic nitrogens is 1. The van der Waals surface area contributed by atoms with E-state index < -0.39 is 23.3 Å². The predicted molar refractivity (Wildman–Crippen MR) is 65.0 cm³/mol. The zero-order valence-electron chi connectivity index (χ0n) is 10.3. The van der Waals surface area contributed by atoms with Gasteiger partial charge in [-0.25, -0.2) is 0 Å². The third-order valence-corrected chi connectivity index (χ3v) is 2.50. The maximum Gasteiger partial charge on any atom is 0.418 e. The highest BCUT2D eigenvalue weighted by atomic mass is 19.4. The number of nitrogens with zero attached hydrogens (tertiary/aromatic N) is 1. The number of hydrogen-bond acceptors (Lipinski definition) is 4. The van der Waals surface area contributed by atoms with Crippen molar-refractivity contribution in [2.45, 2.75) is 13.1 Å². The van der Waals surface area contributed by atoms with E-state index in [9.17, 15) is 18.0 Å². The summed E-state index contributed by atoms with van der Waals surface area (Å²) in [4.78, 5) is 15.7. The number of oxazole rings is 1. The minimum absolute atomic E-state index is 0.107. The molecule has 20 heavy (non-hydrogen) atoms. The fraction of sp³-hybridized carbons (Fsp3) is 0.167. The van der Waals surface area contributed by atoms with Gasteiger partial charge in [0.25, 0.3) is 5.91 Å². The fourth-order valence-electron chi connectivity index (χ4n) is 1.59. The molecule has 0 saturated heterocycles. The smallest absolute Gasteiger partial charge is 0.418 e. The van der Waals surface area contributed by atoms with Crippen LogP contribution in [0.5, 0.6) is 0 Å². The molecule has 1 aromatic carbocycles. The number of halogens is 3. The van der Waals surface area contributed by atoms with Crippen LogP contribution in [0.4, 0.5) is 24.9 Å². The molecule has 0 aliphatic carbocycles. The van der Waals surface area contributed by atoms with Gasteiger partial charge in [0.1, 0.15) is 6.26 Å². The van der Waals surface area contributed by atoms with E-state index in [0.717, 1.165) is 12.1 Å². The number of hydrogen-bond donors (Lipinski definition) is 2. The Morgan fingerprint density at radius 3 is 2.65 bits per heavy atom. The Morgan fingerprint density at radius 2 is 2.10 bits per heavy atom. The van der Waals surface area contributed by atoms with Gasteiger partial charge in [-0.2, -0.15) is 18.2 Å². The fourth-order valence-corrected chi connectivity index (χ4v) is 1.59. The normalized spacial score (nSPS) is 11.4. The second-order valence-corrected chi connectivity index (χ2v) is 4.01. The third kappa shape index (κ3) is 2.73. The Balaban J connectivity index is 2.31. The number of nitrogen functional groups attached to an aromatic ring is 1. The number of nitrogens with one attached hydrogen (secondary N) is 1. The lowest BCUT2D eigenvalue weighted by atomic mass is 10.1. The van der Waals surface area contributed by atoms with E-state index in [1.807, 2.05) is 0 Å². The number of rotatable bonds is 2. The monoisotopic (exact) mass is 285 g/mol. The van der Waals surface area contributed by atoms with Gasteiger partial charge in [-0.05, 0) is 19.1 Å². The molecule has 0 aliphatic rings. The van der Waals surface area contributed by atoms with Gasteiger partial charge in [0, 0.05) is 0 Å². The first-order valence-electron chi connectivity index (χ1n) is 5.48. The van der Waals surface area contributed by atoms with Crippen LogP contribution in [0.3, 0.4) is 0 Å². The summed E-state index contributed by atoms with van der Waals surface area (Å²) in [6.45, 7) is 1.64. The summed E-state index contributed by atoms with van der Waals surface area (Å²) < 4.78 is 42.9. The SMILES string of the molecule is Cc1coc(NC(=O)c2cccc(C(F)(F)F)c2N)n1. The Bertz CT molecular complexity index is 650. The van der Waals surface area contributed by atoms with Crippen molar-refractivity contribution in [3.63, 3.8) is 0 Å². The van der Waals surface area contributed by atoms with Crippen molar-refractivity contribution in [2.75, 3.05) is 11.1 Å². The second-order valence-electron chi connectivity index (χ2n) is 4.01. The molecule has 1 amide bonds. The van der Waals surface area contributed by atoms with Gasteiger partial charge in [-0.1, -0.05) is 6.07 Å². The van der Waals surface area contributed by atoms with E-state index in [1.165, 1.54) is 12.3 Å². The zero-order chi connectivity index (χ0) is 14.9. The molecule has 8 heteroatoms. The lowest BCUT2D eigenvalue weighted by Gasteiger charge is -2.12. The highest BCUT2D eigenvalue weighted by Crippen LogP contribution is 2.35. The number of para-hydroxylation sites is 1. The summed E-state index contributed by atoms with van der Waals surface area (Å²) in [5.74, 6) is -0.824. The van der Waals surface area contributed by atoms with Crippen molar-refractivity contribution in [2.24, 2.45) is 0 Å². The van der Waals surface area contributed by atoms with Gasteiger partial charge < -0.3 is 10.2 Å². The molecule has 0 atom stereocenters. The first kappa shape index (κ1) is 13.9. The first-order chi connectivity index (χ1) is 9.29. The molecule has 0 aliphatic heterocycles. The summed E-state index contributed by atoms with van der Waals surface area (Å²) in [5, 5.41) is 2.23. The van der Waals surface area contributed by atoms with E-state index in [1.54, 1.807) is 6.92 Å². The van der Waals surface area contributed by atoms with Crippen molar-refractivity contribution in [3.8, 4) is 0 Å². The van der Waals surface area contributed by atoms with Gasteiger partial charge in [0.05, 0.1) is 22.5 Å². The number of aryl methyl sites for hydroxylation is 1. The summed E-state index contributed by atoms with van der Waals surface area (Å²) >= 11 is 0. The standard InChI is InChI=1S/C12H10F3N3O2/c1-6-5-20-11(17-6)18-10(19)7-3-2-4-8(9(7)16)12(13,14)15/h2-5H,16H2,1H3,(H,17,18,19). The largest absolute Gasteiger partial charge is 0.432 e. The van der Waals surface area contributed by atoms with Crippen LogP contribution >= 0.6 is 0 Å². The van der Waals surface area contributed by atoms with Crippen molar-refractivity contribution >= 4 is 17.6 Å². The lowest BCUT2D eigenvalue weighted by molar-refractivity contribution is -0.136. The van der Waals surface area contributed by atoms with E-state index in [4.69, 9.17) is 10.2 Å². The molecule has 0 fully saturated rings. The molecule has 106 valence electrons. The van der Waals surface area contributed by atoms with Crippen LogP contribution in [0, 0.1) is 6.92 Å². The highest BCUT2D eigenvalue weighted by molar-refractivity contribution is 6.07. The molecule has 0 unspecified atom stereocenters. The molecular formula is C12H10F3N3O2. The quantitative estimate of drug-likeness (QED) is 0.831. The summed E-state index contributed by atoms with van der Waals surface area (Å²) in [7, 11) is 0. The minimum atomic E-state index is -4.63. The van der Waals surface area contributed by atoms with Crippen LogP contribution in [0.25, 0.3) is 0 Å². The van der Waals surface area contributed by atoms with E-state index >= 15 is 0 Å². The Hall–Kier alpha value is -2.51. The predicted octanol–water partition coefficient (Wildman–Crippen LogP) is 2.84. The number of nitrogens with two attached hydrogens (primary N) is 1. The number of amides is 1. The van der Waals surface area contributed by atoms with E-state index in [0.29, 0.717) is 5.69 Å². The summed E-state index contributed by atoms with van der Waals surface area (Å²) in [6.07, 6.45) is -3.33. The van der Waals surface area contributed by atoms with Gasteiger partial charge in [-0.15, -0.1) is 0 Å². The minimum Gasteiger partial charge on any atom is -0.432 e. The van der Waals surface area contributed by atoms with Gasteiger partial charge >= 0.3 is 12.2 Å². The molecule has 5 nitrogen and oxygen atoms in total. The molecule has 1 heterocycles. The van der Waals surface area contributed by atoms with E-state index in [-0.39, 0.29) is 11.6 Å². The Labute approximate surface area is 111 Å². The number of alkyl halides is 3. The number of carbonyl (C=O) groups excluding carboxylic acids is 1. The number of carbonyl (C=O) groups is 1. The van der Waals surface area contributed by atoms with Crippen molar-refractivity contribution in [1.82, 2.24) is 4.98 Å². The van der Waals surface area contributed by atoms with Gasteiger partial charge in [0.2, 0.25) is 0 Å². The first-order valence-corrected chi connectivity index (χ1v) is 5.48. The molecule has 0 bridgehead atoms. The van der Waals surface area contributed by atoms with Crippen LogP contribution in [-0.2, 0) is 6.18 Å². The van der Waals surface area contributed by atoms with Crippen LogP contribution < -0.4 is 11.1 Å². The highest BCUT2D eigenvalue weighted by Gasteiger charge is 2.34. The zero-order valence-corrected chi connectivity index (χ0v) is 10.3.